The van der Waals surface area contributed by atoms with Gasteiger partial charge in [0.15, 0.2) is 6.61 Å². The maximum absolute atomic E-state index is 11.7. The number of hydrogen-bond donors (Lipinski definition) is 2. The molecule has 0 aromatic heterocycles. The van der Waals surface area contributed by atoms with Gasteiger partial charge >= 0.3 is 0 Å². The molecule has 0 fully saturated rings. The number of ether oxygens (including phenoxy) is 1. The number of nitrogens with one attached hydrogen (secondary N) is 2. The number of benzene rings is 2. The Morgan fingerprint density at radius 3 is 2.56 bits per heavy atom. The third-order valence-corrected chi connectivity index (χ3v) is 3.91. The van der Waals surface area contributed by atoms with Crippen LogP contribution in [0.4, 0.5) is 0 Å². The van der Waals surface area contributed by atoms with E-state index in [0.717, 1.165) is 5.56 Å². The second-order valence-electron chi connectivity index (χ2n) is 5.09. The predicted octanol–water partition coefficient (Wildman–Crippen LogP) is 3.54. The molecule has 7 heteroatoms. The average molecular weight is 379 g/mol. The summed E-state index contributed by atoms with van der Waals surface area (Å²) >= 11 is 11.9. The van der Waals surface area contributed by atoms with Gasteiger partial charge in [0.05, 0.1) is 0 Å². The molecule has 0 unspecified atom stereocenters. The quantitative estimate of drug-likeness (QED) is 0.617. The summed E-state index contributed by atoms with van der Waals surface area (Å²) in [6.45, 7) is 1.59. The first-order chi connectivity index (χ1) is 12.0. The van der Waals surface area contributed by atoms with Gasteiger partial charge < -0.3 is 4.74 Å². The normalized spacial score (nSPS) is 10.5. The summed E-state index contributed by atoms with van der Waals surface area (Å²) < 4.78 is 5.32. The number of hydrogen-bond acceptors (Lipinski definition) is 3. The summed E-state index contributed by atoms with van der Waals surface area (Å²) in [6.07, 6.45) is 2.82. The highest BCUT2D eigenvalue weighted by molar-refractivity contribution is 6.32. The maximum Gasteiger partial charge on any atom is 0.276 e. The Kier molecular flexibility index (Phi) is 6.86. The molecule has 2 rings (SSSR count). The molecule has 0 aliphatic carbocycles. The van der Waals surface area contributed by atoms with Gasteiger partial charge in [-0.2, -0.15) is 0 Å². The van der Waals surface area contributed by atoms with Crippen LogP contribution >= 0.6 is 23.2 Å². The van der Waals surface area contributed by atoms with E-state index >= 15 is 0 Å². The Labute approximate surface area is 155 Å². The van der Waals surface area contributed by atoms with E-state index in [1.807, 2.05) is 6.92 Å². The van der Waals surface area contributed by atoms with Crippen LogP contribution in [0.5, 0.6) is 5.75 Å². The molecule has 2 aromatic carbocycles. The Morgan fingerprint density at radius 2 is 1.84 bits per heavy atom. The first-order valence-corrected chi connectivity index (χ1v) is 8.11. The minimum absolute atomic E-state index is 0.240. The highest BCUT2D eigenvalue weighted by Crippen LogP contribution is 2.20. The van der Waals surface area contributed by atoms with E-state index in [9.17, 15) is 9.59 Å². The van der Waals surface area contributed by atoms with Crippen molar-refractivity contribution in [3.8, 4) is 5.75 Å². The Balaban J connectivity index is 1.76. The molecule has 25 heavy (non-hydrogen) atoms. The summed E-state index contributed by atoms with van der Waals surface area (Å²) in [6, 6.07) is 12.2. The highest BCUT2D eigenvalue weighted by atomic mass is 35.5. The summed E-state index contributed by atoms with van der Waals surface area (Å²) in [7, 11) is 0. The van der Waals surface area contributed by atoms with Gasteiger partial charge in [0, 0.05) is 16.1 Å². The van der Waals surface area contributed by atoms with E-state index in [0.29, 0.717) is 21.4 Å². The van der Waals surface area contributed by atoms with Crippen LogP contribution in [-0.4, -0.2) is 18.4 Å². The van der Waals surface area contributed by atoms with Crippen LogP contribution in [0.1, 0.15) is 11.1 Å². The summed E-state index contributed by atoms with van der Waals surface area (Å²) in [4.78, 5) is 23.4. The van der Waals surface area contributed by atoms with Crippen molar-refractivity contribution in [3.05, 3.63) is 69.7 Å². The molecule has 0 radical (unpaired) electrons. The first-order valence-electron chi connectivity index (χ1n) is 7.36. The van der Waals surface area contributed by atoms with Crippen LogP contribution in [-0.2, 0) is 9.59 Å². The van der Waals surface area contributed by atoms with E-state index in [1.54, 1.807) is 48.5 Å². The van der Waals surface area contributed by atoms with Gasteiger partial charge in [-0.25, -0.2) is 0 Å². The lowest BCUT2D eigenvalue weighted by atomic mass is 10.2. The number of carbonyl (C=O) groups is 2. The zero-order chi connectivity index (χ0) is 18.2. The Hall–Kier alpha value is -2.50. The van der Waals surface area contributed by atoms with Gasteiger partial charge in [-0.3, -0.25) is 20.4 Å². The predicted molar refractivity (Wildman–Crippen MR) is 98.5 cm³/mol. The zero-order valence-corrected chi connectivity index (χ0v) is 14.9. The fourth-order valence-corrected chi connectivity index (χ4v) is 2.16. The van der Waals surface area contributed by atoms with Crippen LogP contribution in [0.2, 0.25) is 10.0 Å². The van der Waals surface area contributed by atoms with Crippen LogP contribution in [0, 0.1) is 6.92 Å². The third-order valence-electron chi connectivity index (χ3n) is 3.14. The average Bonchev–Trinajstić information content (AvgIpc) is 2.60. The highest BCUT2D eigenvalue weighted by Gasteiger charge is 2.05. The number of hydrazine groups is 1. The molecular formula is C18H16Cl2N2O3. The fraction of sp³-hybridized carbons (Fsp3) is 0.111. The summed E-state index contributed by atoms with van der Waals surface area (Å²) in [5.74, 6) is -0.468. The molecule has 0 spiro atoms. The number of aryl methyl sites for hydroxylation is 1. The van der Waals surface area contributed by atoms with E-state index in [1.165, 1.54) is 6.08 Å². The van der Waals surface area contributed by atoms with Crippen LogP contribution in [0.25, 0.3) is 6.08 Å². The molecule has 0 saturated heterocycles. The second-order valence-corrected chi connectivity index (χ2v) is 5.91. The molecule has 2 amide bonds. The molecule has 130 valence electrons. The molecule has 0 atom stereocenters. The summed E-state index contributed by atoms with van der Waals surface area (Å²) in [5.41, 5.74) is 6.06. The van der Waals surface area contributed by atoms with E-state index < -0.39 is 11.8 Å². The van der Waals surface area contributed by atoms with Crippen LogP contribution < -0.4 is 15.6 Å². The molecule has 0 saturated carbocycles. The largest absolute Gasteiger partial charge is 0.484 e. The van der Waals surface area contributed by atoms with Gasteiger partial charge in [-0.1, -0.05) is 41.4 Å². The van der Waals surface area contributed by atoms with Gasteiger partial charge in [0.2, 0.25) is 0 Å². The van der Waals surface area contributed by atoms with Crippen LogP contribution in [0.3, 0.4) is 0 Å². The van der Waals surface area contributed by atoms with Crippen molar-refractivity contribution in [3.63, 3.8) is 0 Å². The first kappa shape index (κ1) is 18.8. The molecule has 0 heterocycles. The second kappa shape index (κ2) is 9.11. The van der Waals surface area contributed by atoms with Gasteiger partial charge in [-0.15, -0.1) is 0 Å². The molecule has 0 aliphatic heterocycles. The van der Waals surface area contributed by atoms with E-state index in [-0.39, 0.29) is 6.61 Å². The number of halogens is 2. The van der Waals surface area contributed by atoms with Gasteiger partial charge in [0.1, 0.15) is 5.75 Å². The molecule has 0 bridgehead atoms. The minimum atomic E-state index is -0.493. The Morgan fingerprint density at radius 1 is 1.08 bits per heavy atom. The van der Waals surface area contributed by atoms with Crippen molar-refractivity contribution in [1.29, 1.82) is 0 Å². The zero-order valence-electron chi connectivity index (χ0n) is 13.4. The number of rotatable bonds is 5. The molecule has 2 N–H and O–H groups in total. The van der Waals surface area contributed by atoms with Crippen molar-refractivity contribution in [2.45, 2.75) is 6.92 Å². The van der Waals surface area contributed by atoms with E-state index in [4.69, 9.17) is 27.9 Å². The minimum Gasteiger partial charge on any atom is -0.484 e. The third kappa shape index (κ3) is 6.14. The van der Waals surface area contributed by atoms with E-state index in [2.05, 4.69) is 10.9 Å². The van der Waals surface area contributed by atoms with Crippen molar-refractivity contribution in [2.75, 3.05) is 6.61 Å². The lowest BCUT2D eigenvalue weighted by Crippen LogP contribution is -2.43. The molecule has 5 nitrogen and oxygen atoms in total. The number of amides is 2. The van der Waals surface area contributed by atoms with Crippen molar-refractivity contribution in [1.82, 2.24) is 10.9 Å². The fourth-order valence-electron chi connectivity index (χ4n) is 1.84. The van der Waals surface area contributed by atoms with Crippen LogP contribution in [0.15, 0.2) is 48.5 Å². The smallest absolute Gasteiger partial charge is 0.276 e. The van der Waals surface area contributed by atoms with Crippen molar-refractivity contribution in [2.24, 2.45) is 0 Å². The topological polar surface area (TPSA) is 67.4 Å². The van der Waals surface area contributed by atoms with Crippen molar-refractivity contribution >= 4 is 41.1 Å². The summed E-state index contributed by atoms with van der Waals surface area (Å²) in [5, 5.41) is 1.15. The SMILES string of the molecule is Cc1cc(OCC(=O)NNC(=O)/C=C/c2ccccc2Cl)ccc1Cl. The lowest BCUT2D eigenvalue weighted by Gasteiger charge is -2.08. The number of carbonyl (C=O) groups excluding carboxylic acids is 2. The Bertz CT molecular complexity index is 807. The monoisotopic (exact) mass is 378 g/mol. The standard InChI is InChI=1S/C18H16Cl2N2O3/c1-12-10-14(7-8-15(12)19)25-11-18(24)22-21-17(23)9-6-13-4-2-3-5-16(13)20/h2-10H,11H2,1H3,(H,21,23)(H,22,24)/b9-6+. The molecule has 2 aromatic rings. The maximum atomic E-state index is 11.7. The van der Waals surface area contributed by atoms with Gasteiger partial charge in [-0.05, 0) is 48.4 Å². The molecular weight excluding hydrogens is 363 g/mol. The molecule has 0 aliphatic rings. The van der Waals surface area contributed by atoms with Crippen molar-refractivity contribution < 1.29 is 14.3 Å². The van der Waals surface area contributed by atoms with Gasteiger partial charge in [0.25, 0.3) is 11.8 Å². The lowest BCUT2D eigenvalue weighted by molar-refractivity contribution is -0.128.